The Hall–Kier alpha value is -1.10. The first-order chi connectivity index (χ1) is 7.41. The number of amides is 1. The third kappa shape index (κ3) is 3.20. The molecule has 3 N–H and O–H groups in total. The highest BCUT2D eigenvalue weighted by Crippen LogP contribution is 2.24. The Morgan fingerprint density at radius 1 is 1.44 bits per heavy atom. The Balaban J connectivity index is 2.25. The second-order valence-corrected chi connectivity index (χ2v) is 4.70. The van der Waals surface area contributed by atoms with E-state index >= 15 is 0 Å². The topological polar surface area (TPSA) is 83.6 Å². The fourth-order valence-electron chi connectivity index (χ4n) is 1.74. The molecule has 0 aromatic carbocycles. The maximum Gasteiger partial charge on any atom is 0.306 e. The van der Waals surface area contributed by atoms with Crippen molar-refractivity contribution in [1.82, 2.24) is 4.90 Å². The maximum absolute atomic E-state index is 11.6. The molecule has 0 bridgehead atoms. The molecule has 92 valence electrons. The summed E-state index contributed by atoms with van der Waals surface area (Å²) in [5, 5.41) is 8.80. The van der Waals surface area contributed by atoms with Crippen molar-refractivity contribution in [3.63, 3.8) is 0 Å². The summed E-state index contributed by atoms with van der Waals surface area (Å²) >= 11 is 0. The highest BCUT2D eigenvalue weighted by atomic mass is 16.4. The van der Waals surface area contributed by atoms with Gasteiger partial charge >= 0.3 is 5.97 Å². The fourth-order valence-corrected chi connectivity index (χ4v) is 1.74. The Kier molecular flexibility index (Phi) is 4.29. The van der Waals surface area contributed by atoms with E-state index in [0.29, 0.717) is 25.9 Å². The zero-order chi connectivity index (χ0) is 12.3. The second-order valence-electron chi connectivity index (χ2n) is 4.70. The zero-order valence-electron chi connectivity index (χ0n) is 9.85. The van der Waals surface area contributed by atoms with Crippen LogP contribution in [0.5, 0.6) is 0 Å². The lowest BCUT2D eigenvalue weighted by Crippen LogP contribution is -2.53. The largest absolute Gasteiger partial charge is 0.481 e. The minimum Gasteiger partial charge on any atom is -0.481 e. The molecule has 1 rings (SSSR count). The number of carboxylic acid groups (broad SMARTS) is 1. The summed E-state index contributed by atoms with van der Waals surface area (Å²) in [7, 11) is 0. The number of carboxylic acids is 1. The van der Waals surface area contributed by atoms with E-state index in [4.69, 9.17) is 10.8 Å². The quantitative estimate of drug-likeness (QED) is 0.708. The molecule has 0 spiro atoms. The van der Waals surface area contributed by atoms with E-state index < -0.39 is 5.97 Å². The predicted molar refractivity (Wildman–Crippen MR) is 59.8 cm³/mol. The lowest BCUT2D eigenvalue weighted by Gasteiger charge is -2.41. The second kappa shape index (κ2) is 5.30. The number of nitrogens with zero attached hydrogens (tertiary/aromatic N) is 1. The summed E-state index contributed by atoms with van der Waals surface area (Å²) in [6.45, 7) is 4.71. The number of aliphatic carboxylic acids is 1. The SMILES string of the molecule is CC(N)CCC(=O)N1CC(C(C)C(=O)O)C1. The first-order valence-electron chi connectivity index (χ1n) is 5.68. The normalized spacial score (nSPS) is 20.1. The van der Waals surface area contributed by atoms with Crippen LogP contribution in [0, 0.1) is 11.8 Å². The molecule has 0 aliphatic carbocycles. The van der Waals surface area contributed by atoms with Gasteiger partial charge in [-0.15, -0.1) is 0 Å². The smallest absolute Gasteiger partial charge is 0.306 e. The van der Waals surface area contributed by atoms with Crippen LogP contribution >= 0.6 is 0 Å². The van der Waals surface area contributed by atoms with Gasteiger partial charge in [-0.25, -0.2) is 0 Å². The van der Waals surface area contributed by atoms with Crippen LogP contribution in [0.4, 0.5) is 0 Å². The molecule has 16 heavy (non-hydrogen) atoms. The zero-order valence-corrected chi connectivity index (χ0v) is 9.85. The molecule has 1 amide bonds. The molecule has 5 nitrogen and oxygen atoms in total. The summed E-state index contributed by atoms with van der Waals surface area (Å²) in [4.78, 5) is 24.0. The monoisotopic (exact) mass is 228 g/mol. The highest BCUT2D eigenvalue weighted by molar-refractivity contribution is 5.77. The summed E-state index contributed by atoms with van der Waals surface area (Å²) < 4.78 is 0. The van der Waals surface area contributed by atoms with Gasteiger partial charge in [-0.1, -0.05) is 6.92 Å². The molecular formula is C11H20N2O3. The minimum atomic E-state index is -0.785. The Bertz CT molecular complexity index is 272. The molecule has 2 unspecified atom stereocenters. The Morgan fingerprint density at radius 3 is 2.44 bits per heavy atom. The summed E-state index contributed by atoms with van der Waals surface area (Å²) in [5.41, 5.74) is 5.57. The van der Waals surface area contributed by atoms with Crippen molar-refractivity contribution in [1.29, 1.82) is 0 Å². The first-order valence-corrected chi connectivity index (χ1v) is 5.68. The lowest BCUT2D eigenvalue weighted by atomic mass is 9.87. The van der Waals surface area contributed by atoms with Gasteiger partial charge in [0.05, 0.1) is 5.92 Å². The van der Waals surface area contributed by atoms with Crippen molar-refractivity contribution in [2.24, 2.45) is 17.6 Å². The summed E-state index contributed by atoms with van der Waals surface area (Å²) in [6, 6.07) is 0.0407. The minimum absolute atomic E-state index is 0.0407. The van der Waals surface area contributed by atoms with Crippen molar-refractivity contribution < 1.29 is 14.7 Å². The van der Waals surface area contributed by atoms with Gasteiger partial charge in [0.1, 0.15) is 0 Å². The predicted octanol–water partition coefficient (Wildman–Crippen LogP) is 0.293. The third-order valence-corrected chi connectivity index (χ3v) is 3.17. The van der Waals surface area contributed by atoms with Gasteiger partial charge in [0, 0.05) is 31.5 Å². The molecule has 1 heterocycles. The van der Waals surface area contributed by atoms with E-state index in [1.807, 2.05) is 6.92 Å². The van der Waals surface area contributed by atoms with Gasteiger partial charge in [-0.2, -0.15) is 0 Å². The fraction of sp³-hybridized carbons (Fsp3) is 0.818. The van der Waals surface area contributed by atoms with Crippen LogP contribution in [0.3, 0.4) is 0 Å². The average molecular weight is 228 g/mol. The maximum atomic E-state index is 11.6. The Labute approximate surface area is 95.6 Å². The van der Waals surface area contributed by atoms with Crippen LogP contribution in [0.15, 0.2) is 0 Å². The molecule has 1 fully saturated rings. The average Bonchev–Trinajstić information content (AvgIpc) is 2.11. The molecular weight excluding hydrogens is 208 g/mol. The van der Waals surface area contributed by atoms with Crippen molar-refractivity contribution in [3.8, 4) is 0 Å². The molecule has 0 radical (unpaired) electrons. The highest BCUT2D eigenvalue weighted by Gasteiger charge is 2.36. The van der Waals surface area contributed by atoms with Gasteiger partial charge in [0.25, 0.3) is 0 Å². The molecule has 0 aromatic rings. The van der Waals surface area contributed by atoms with Crippen LogP contribution in [-0.4, -0.2) is 41.0 Å². The number of carbonyl (C=O) groups excluding carboxylic acids is 1. The standard InChI is InChI=1S/C11H20N2O3/c1-7(12)3-4-10(14)13-5-9(6-13)8(2)11(15)16/h7-9H,3-6,12H2,1-2H3,(H,15,16). The van der Waals surface area contributed by atoms with Gasteiger partial charge in [-0.05, 0) is 13.3 Å². The van der Waals surface area contributed by atoms with Gasteiger partial charge in [0.15, 0.2) is 0 Å². The molecule has 5 heteroatoms. The van der Waals surface area contributed by atoms with E-state index in [1.54, 1.807) is 11.8 Å². The molecule has 0 saturated carbocycles. The van der Waals surface area contributed by atoms with E-state index in [-0.39, 0.29) is 23.8 Å². The van der Waals surface area contributed by atoms with E-state index in [9.17, 15) is 9.59 Å². The summed E-state index contributed by atoms with van der Waals surface area (Å²) in [5.74, 6) is -0.951. The number of nitrogens with two attached hydrogens (primary N) is 1. The van der Waals surface area contributed by atoms with Crippen LogP contribution in [-0.2, 0) is 9.59 Å². The first kappa shape index (κ1) is 13.0. The van der Waals surface area contributed by atoms with Crippen LogP contribution < -0.4 is 5.73 Å². The molecule has 2 atom stereocenters. The van der Waals surface area contributed by atoms with E-state index in [0.717, 1.165) is 0 Å². The number of likely N-dealkylation sites (tertiary alicyclic amines) is 1. The van der Waals surface area contributed by atoms with Crippen molar-refractivity contribution >= 4 is 11.9 Å². The number of rotatable bonds is 5. The van der Waals surface area contributed by atoms with Gasteiger partial charge in [-0.3, -0.25) is 9.59 Å². The van der Waals surface area contributed by atoms with E-state index in [2.05, 4.69) is 0 Å². The van der Waals surface area contributed by atoms with Crippen molar-refractivity contribution in [3.05, 3.63) is 0 Å². The van der Waals surface area contributed by atoms with Crippen molar-refractivity contribution in [2.45, 2.75) is 32.7 Å². The molecule has 1 aliphatic rings. The van der Waals surface area contributed by atoms with Crippen molar-refractivity contribution in [2.75, 3.05) is 13.1 Å². The van der Waals surface area contributed by atoms with E-state index in [1.165, 1.54) is 0 Å². The Morgan fingerprint density at radius 2 is 2.00 bits per heavy atom. The number of hydrogen-bond donors (Lipinski definition) is 2. The molecule has 0 aromatic heterocycles. The lowest BCUT2D eigenvalue weighted by molar-refractivity contribution is -0.150. The number of hydrogen-bond acceptors (Lipinski definition) is 3. The van der Waals surface area contributed by atoms with Gasteiger partial charge in [0.2, 0.25) is 5.91 Å². The van der Waals surface area contributed by atoms with Crippen LogP contribution in [0.2, 0.25) is 0 Å². The van der Waals surface area contributed by atoms with Crippen LogP contribution in [0.25, 0.3) is 0 Å². The number of carbonyl (C=O) groups is 2. The van der Waals surface area contributed by atoms with Gasteiger partial charge < -0.3 is 15.7 Å². The molecule has 1 aliphatic heterocycles. The van der Waals surface area contributed by atoms with Crippen LogP contribution in [0.1, 0.15) is 26.7 Å². The molecule has 1 saturated heterocycles. The third-order valence-electron chi connectivity index (χ3n) is 3.17. The summed E-state index contributed by atoms with van der Waals surface area (Å²) in [6.07, 6.45) is 1.15.